The molecule has 0 aliphatic heterocycles. The fourth-order valence-corrected chi connectivity index (χ4v) is 3.60. The van der Waals surface area contributed by atoms with Gasteiger partial charge < -0.3 is 4.74 Å². The fraction of sp³-hybridized carbons (Fsp3) is 0.381. The third-order valence-corrected chi connectivity index (χ3v) is 5.02. The van der Waals surface area contributed by atoms with Gasteiger partial charge in [-0.05, 0) is 30.9 Å². The van der Waals surface area contributed by atoms with Crippen LogP contribution in [-0.2, 0) is 22.6 Å². The second kappa shape index (κ2) is 7.18. The summed E-state index contributed by atoms with van der Waals surface area (Å²) in [6, 6.07) is 21.5. The predicted molar refractivity (Wildman–Crippen MR) is 95.3 cm³/mol. The monoisotopic (exact) mass is 323 g/mol. The van der Waals surface area contributed by atoms with Gasteiger partial charge in [0.05, 0.1) is 12.5 Å². The SMILES string of the molecule is COC(=O)C1(C)CC(N(Cc2ccccc2)Cc2ccccc2)C1. The Balaban J connectivity index is 1.72. The maximum absolute atomic E-state index is 12.0. The van der Waals surface area contributed by atoms with E-state index in [2.05, 4.69) is 53.4 Å². The zero-order chi connectivity index (χ0) is 17.0. The summed E-state index contributed by atoms with van der Waals surface area (Å²) in [5.41, 5.74) is 2.28. The first kappa shape index (κ1) is 16.7. The van der Waals surface area contributed by atoms with Gasteiger partial charge in [-0.15, -0.1) is 0 Å². The van der Waals surface area contributed by atoms with Gasteiger partial charge >= 0.3 is 5.97 Å². The quantitative estimate of drug-likeness (QED) is 0.752. The van der Waals surface area contributed by atoms with E-state index in [1.54, 1.807) is 0 Å². The summed E-state index contributed by atoms with van der Waals surface area (Å²) in [6.07, 6.45) is 1.72. The number of ether oxygens (including phenoxy) is 1. The molecule has 0 atom stereocenters. The summed E-state index contributed by atoms with van der Waals surface area (Å²) in [5, 5.41) is 0. The number of esters is 1. The highest BCUT2D eigenvalue weighted by atomic mass is 16.5. The van der Waals surface area contributed by atoms with Crippen molar-refractivity contribution in [3.8, 4) is 0 Å². The van der Waals surface area contributed by atoms with Crippen LogP contribution in [-0.4, -0.2) is 24.0 Å². The van der Waals surface area contributed by atoms with E-state index in [9.17, 15) is 4.79 Å². The number of carbonyl (C=O) groups is 1. The highest BCUT2D eigenvalue weighted by molar-refractivity contribution is 5.77. The minimum Gasteiger partial charge on any atom is -0.469 e. The van der Waals surface area contributed by atoms with Crippen LogP contribution in [0.5, 0.6) is 0 Å². The smallest absolute Gasteiger partial charge is 0.311 e. The Kier molecular flexibility index (Phi) is 5.00. The van der Waals surface area contributed by atoms with Gasteiger partial charge in [0, 0.05) is 19.1 Å². The van der Waals surface area contributed by atoms with Crippen LogP contribution in [0.25, 0.3) is 0 Å². The molecule has 0 radical (unpaired) electrons. The molecule has 3 heteroatoms. The molecule has 3 rings (SSSR count). The predicted octanol–water partition coefficient (Wildman–Crippen LogP) is 4.03. The molecule has 0 heterocycles. The van der Waals surface area contributed by atoms with Gasteiger partial charge in [-0.3, -0.25) is 9.69 Å². The molecule has 2 aromatic rings. The van der Waals surface area contributed by atoms with E-state index in [0.29, 0.717) is 6.04 Å². The van der Waals surface area contributed by atoms with Crippen molar-refractivity contribution < 1.29 is 9.53 Å². The molecular formula is C21H25NO2. The van der Waals surface area contributed by atoms with E-state index in [-0.39, 0.29) is 11.4 Å². The van der Waals surface area contributed by atoms with Crippen molar-refractivity contribution in [2.75, 3.05) is 7.11 Å². The van der Waals surface area contributed by atoms with Crippen molar-refractivity contribution in [1.82, 2.24) is 4.90 Å². The molecular weight excluding hydrogens is 298 g/mol. The van der Waals surface area contributed by atoms with Crippen molar-refractivity contribution in [1.29, 1.82) is 0 Å². The number of nitrogens with zero attached hydrogens (tertiary/aromatic N) is 1. The lowest BCUT2D eigenvalue weighted by Gasteiger charge is -2.48. The first-order valence-electron chi connectivity index (χ1n) is 8.51. The summed E-state index contributed by atoms with van der Waals surface area (Å²) in [7, 11) is 1.48. The second-order valence-corrected chi connectivity index (χ2v) is 6.99. The standard InChI is InChI=1S/C21H25NO2/c1-21(20(23)24-2)13-19(14-21)22(15-17-9-5-3-6-10-17)16-18-11-7-4-8-12-18/h3-12,19H,13-16H2,1-2H3. The summed E-state index contributed by atoms with van der Waals surface area (Å²) in [5.74, 6) is -0.0851. The van der Waals surface area contributed by atoms with Crippen molar-refractivity contribution in [3.05, 3.63) is 71.8 Å². The Morgan fingerprint density at radius 2 is 1.46 bits per heavy atom. The van der Waals surface area contributed by atoms with Crippen LogP contribution in [0.4, 0.5) is 0 Å². The van der Waals surface area contributed by atoms with Gasteiger partial charge in [-0.25, -0.2) is 0 Å². The van der Waals surface area contributed by atoms with Gasteiger partial charge in [0.1, 0.15) is 0 Å². The van der Waals surface area contributed by atoms with Crippen LogP contribution < -0.4 is 0 Å². The number of rotatable bonds is 6. The molecule has 1 fully saturated rings. The Labute approximate surface area is 144 Å². The average Bonchev–Trinajstić information content (AvgIpc) is 2.59. The molecule has 1 aliphatic rings. The lowest BCUT2D eigenvalue weighted by atomic mass is 9.66. The highest BCUT2D eigenvalue weighted by Crippen LogP contribution is 2.45. The largest absolute Gasteiger partial charge is 0.469 e. The van der Waals surface area contributed by atoms with Gasteiger partial charge in [-0.1, -0.05) is 60.7 Å². The van der Waals surface area contributed by atoms with Crippen LogP contribution in [0.3, 0.4) is 0 Å². The van der Waals surface area contributed by atoms with Gasteiger partial charge in [0.15, 0.2) is 0 Å². The topological polar surface area (TPSA) is 29.5 Å². The molecule has 2 aromatic carbocycles. The van der Waals surface area contributed by atoms with Crippen LogP contribution in [0.1, 0.15) is 30.9 Å². The maximum Gasteiger partial charge on any atom is 0.311 e. The second-order valence-electron chi connectivity index (χ2n) is 6.99. The van der Waals surface area contributed by atoms with E-state index in [1.165, 1.54) is 18.2 Å². The van der Waals surface area contributed by atoms with E-state index >= 15 is 0 Å². The molecule has 126 valence electrons. The van der Waals surface area contributed by atoms with Gasteiger partial charge in [-0.2, -0.15) is 0 Å². The van der Waals surface area contributed by atoms with Crippen molar-refractivity contribution >= 4 is 5.97 Å². The first-order valence-corrected chi connectivity index (χ1v) is 8.51. The van der Waals surface area contributed by atoms with E-state index in [4.69, 9.17) is 4.74 Å². The Morgan fingerprint density at radius 3 is 1.88 bits per heavy atom. The van der Waals surface area contributed by atoms with Crippen LogP contribution in [0.15, 0.2) is 60.7 Å². The minimum atomic E-state index is -0.328. The number of hydrogen-bond donors (Lipinski definition) is 0. The lowest BCUT2D eigenvalue weighted by molar-refractivity contribution is -0.161. The molecule has 24 heavy (non-hydrogen) atoms. The zero-order valence-electron chi connectivity index (χ0n) is 14.4. The molecule has 1 aliphatic carbocycles. The Hall–Kier alpha value is -2.13. The first-order chi connectivity index (χ1) is 11.6. The van der Waals surface area contributed by atoms with Crippen molar-refractivity contribution in [2.24, 2.45) is 5.41 Å². The van der Waals surface area contributed by atoms with Crippen LogP contribution in [0, 0.1) is 5.41 Å². The third kappa shape index (κ3) is 3.68. The molecule has 1 saturated carbocycles. The van der Waals surface area contributed by atoms with Crippen molar-refractivity contribution in [3.63, 3.8) is 0 Å². The molecule has 0 amide bonds. The Morgan fingerprint density at radius 1 is 1.00 bits per heavy atom. The molecule has 0 spiro atoms. The van der Waals surface area contributed by atoms with Gasteiger partial charge in [0.25, 0.3) is 0 Å². The summed E-state index contributed by atoms with van der Waals surface area (Å²) < 4.78 is 4.96. The summed E-state index contributed by atoms with van der Waals surface area (Å²) in [4.78, 5) is 14.4. The summed E-state index contributed by atoms with van der Waals surface area (Å²) in [6.45, 7) is 3.81. The summed E-state index contributed by atoms with van der Waals surface area (Å²) >= 11 is 0. The minimum absolute atomic E-state index is 0.0851. The molecule has 0 aromatic heterocycles. The third-order valence-electron chi connectivity index (χ3n) is 5.02. The van der Waals surface area contributed by atoms with Crippen molar-refractivity contribution in [2.45, 2.75) is 38.9 Å². The molecule has 0 N–H and O–H groups in total. The zero-order valence-corrected chi connectivity index (χ0v) is 14.4. The highest BCUT2D eigenvalue weighted by Gasteiger charge is 2.49. The fourth-order valence-electron chi connectivity index (χ4n) is 3.60. The van der Waals surface area contributed by atoms with E-state index in [0.717, 1.165) is 25.9 Å². The maximum atomic E-state index is 12.0. The van der Waals surface area contributed by atoms with E-state index in [1.807, 2.05) is 19.1 Å². The van der Waals surface area contributed by atoms with Gasteiger partial charge in [0.2, 0.25) is 0 Å². The van der Waals surface area contributed by atoms with Crippen LogP contribution >= 0.6 is 0 Å². The van der Waals surface area contributed by atoms with E-state index < -0.39 is 0 Å². The molecule has 0 bridgehead atoms. The number of carbonyl (C=O) groups excluding carboxylic acids is 1. The number of hydrogen-bond acceptors (Lipinski definition) is 3. The lowest BCUT2D eigenvalue weighted by Crippen LogP contribution is -2.52. The average molecular weight is 323 g/mol. The number of benzene rings is 2. The van der Waals surface area contributed by atoms with Crippen LogP contribution in [0.2, 0.25) is 0 Å². The molecule has 0 saturated heterocycles. The number of methoxy groups -OCH3 is 1. The normalized spacial score (nSPS) is 22.9. The molecule has 3 nitrogen and oxygen atoms in total. The molecule has 0 unspecified atom stereocenters. The Bertz CT molecular complexity index is 621.